The Morgan fingerprint density at radius 2 is 1.87 bits per heavy atom. The molecule has 1 aromatic heterocycles. The van der Waals surface area contributed by atoms with Crippen molar-refractivity contribution in [2.75, 3.05) is 45.8 Å². The number of aromatic nitrogens is 1. The molecule has 46 heavy (non-hydrogen) atoms. The Morgan fingerprint density at radius 3 is 2.57 bits per heavy atom. The predicted octanol–water partition coefficient (Wildman–Crippen LogP) is 5.27. The van der Waals surface area contributed by atoms with Crippen molar-refractivity contribution < 1.29 is 28.9 Å². The van der Waals surface area contributed by atoms with Crippen LogP contribution in [0, 0.1) is 5.92 Å². The molecule has 0 bridgehead atoms. The van der Waals surface area contributed by atoms with Gasteiger partial charge in [-0.25, -0.2) is 0 Å². The number of carbonyl (C=O) groups is 2. The molecule has 4 rings (SSSR count). The Hall–Kier alpha value is -3.99. The zero-order valence-corrected chi connectivity index (χ0v) is 27.6. The molecule has 0 saturated heterocycles. The van der Waals surface area contributed by atoms with Gasteiger partial charge in [0.25, 0.3) is 11.8 Å². The standard InChI is InChI=1S/C36H48N4O6/c1-25-21-40(26(2)24-41)36(43)32-20-30(38-35(42)29-15-17-37-18-16-29)11-14-33(32)46-27(3)8-6-7-19-45-34(25)23-39(4)22-28-9-12-31(44-5)13-10-28/h9-18,20,25-27,34,41H,6-8,19,21-24H2,1-5H3,(H,38,42)/t25-,26-,27-,34+/m0/s1. The number of anilines is 1. The molecule has 1 aliphatic rings. The van der Waals surface area contributed by atoms with Gasteiger partial charge in [-0.15, -0.1) is 0 Å². The third kappa shape index (κ3) is 9.75. The number of carbonyl (C=O) groups excluding carboxylic acids is 2. The molecule has 3 aromatic rings. The SMILES string of the molecule is COc1ccc(CN(C)C[C@H]2OCCCC[C@H](C)Oc3ccc(NC(=O)c4ccncc4)cc3C(=O)N([C@@H](C)CO)C[C@@H]2C)cc1. The summed E-state index contributed by atoms with van der Waals surface area (Å²) in [5.74, 6) is 0.640. The van der Waals surface area contributed by atoms with Crippen molar-refractivity contribution in [1.82, 2.24) is 14.8 Å². The zero-order chi connectivity index (χ0) is 33.1. The van der Waals surface area contributed by atoms with Gasteiger partial charge in [0.05, 0.1) is 37.5 Å². The van der Waals surface area contributed by atoms with E-state index < -0.39 is 6.04 Å². The Morgan fingerprint density at radius 1 is 1.13 bits per heavy atom. The molecule has 10 heteroatoms. The highest BCUT2D eigenvalue weighted by Crippen LogP contribution is 2.29. The van der Waals surface area contributed by atoms with Gasteiger partial charge in [0, 0.05) is 55.8 Å². The molecule has 10 nitrogen and oxygen atoms in total. The molecule has 0 fully saturated rings. The summed E-state index contributed by atoms with van der Waals surface area (Å²) in [4.78, 5) is 35.1. The third-order valence-electron chi connectivity index (χ3n) is 8.36. The minimum absolute atomic E-state index is 0.0444. The fourth-order valence-electron chi connectivity index (χ4n) is 5.58. The van der Waals surface area contributed by atoms with Crippen LogP contribution in [0.4, 0.5) is 5.69 Å². The van der Waals surface area contributed by atoms with Crippen molar-refractivity contribution in [1.29, 1.82) is 0 Å². The van der Waals surface area contributed by atoms with Crippen molar-refractivity contribution in [3.05, 3.63) is 83.7 Å². The number of fused-ring (bicyclic) bond motifs is 1. The zero-order valence-electron chi connectivity index (χ0n) is 27.6. The number of nitrogens with zero attached hydrogens (tertiary/aromatic N) is 3. The van der Waals surface area contributed by atoms with Crippen molar-refractivity contribution in [2.24, 2.45) is 5.92 Å². The van der Waals surface area contributed by atoms with Gasteiger partial charge >= 0.3 is 0 Å². The summed E-state index contributed by atoms with van der Waals surface area (Å²) in [7, 11) is 3.73. The van der Waals surface area contributed by atoms with E-state index in [-0.39, 0.29) is 36.5 Å². The van der Waals surface area contributed by atoms with E-state index in [2.05, 4.69) is 41.3 Å². The quantitative estimate of drug-likeness (QED) is 0.328. The first-order valence-corrected chi connectivity index (χ1v) is 16.1. The minimum Gasteiger partial charge on any atom is -0.497 e. The Kier molecular flexibility index (Phi) is 12.9. The number of nitrogens with one attached hydrogen (secondary N) is 1. The predicted molar refractivity (Wildman–Crippen MR) is 178 cm³/mol. The lowest BCUT2D eigenvalue weighted by molar-refractivity contribution is -0.0177. The summed E-state index contributed by atoms with van der Waals surface area (Å²) < 4.78 is 18.1. The van der Waals surface area contributed by atoms with Crippen LogP contribution in [0.15, 0.2) is 67.0 Å². The van der Waals surface area contributed by atoms with Gasteiger partial charge in [-0.05, 0) is 88.2 Å². The lowest BCUT2D eigenvalue weighted by Gasteiger charge is -2.36. The second-order valence-corrected chi connectivity index (χ2v) is 12.2. The number of hydrogen-bond acceptors (Lipinski definition) is 8. The van der Waals surface area contributed by atoms with E-state index >= 15 is 0 Å². The summed E-state index contributed by atoms with van der Waals surface area (Å²) in [6, 6.07) is 16.0. The van der Waals surface area contributed by atoms with Gasteiger partial charge in [-0.1, -0.05) is 19.1 Å². The number of pyridine rings is 1. The first-order chi connectivity index (χ1) is 22.2. The number of ether oxygens (including phenoxy) is 3. The number of aliphatic hydroxyl groups excluding tert-OH is 1. The van der Waals surface area contributed by atoms with Crippen LogP contribution < -0.4 is 14.8 Å². The van der Waals surface area contributed by atoms with Gasteiger partial charge in [0.2, 0.25) is 0 Å². The summed E-state index contributed by atoms with van der Waals surface area (Å²) in [6.45, 7) is 8.10. The van der Waals surface area contributed by atoms with E-state index in [1.807, 2.05) is 26.0 Å². The number of methoxy groups -OCH3 is 1. The molecule has 2 N–H and O–H groups in total. The molecule has 2 amide bonds. The van der Waals surface area contributed by atoms with Gasteiger partial charge in [-0.3, -0.25) is 19.5 Å². The number of benzene rings is 2. The number of aliphatic hydroxyl groups is 1. The maximum absolute atomic E-state index is 14.3. The lowest BCUT2D eigenvalue weighted by Crippen LogP contribution is -2.47. The van der Waals surface area contributed by atoms with Crippen LogP contribution in [0.3, 0.4) is 0 Å². The van der Waals surface area contributed by atoms with Gasteiger partial charge in [-0.2, -0.15) is 0 Å². The average molecular weight is 633 g/mol. The average Bonchev–Trinajstić information content (AvgIpc) is 3.06. The number of rotatable bonds is 9. The molecular formula is C36H48N4O6. The van der Waals surface area contributed by atoms with Crippen molar-refractivity contribution in [3.8, 4) is 11.5 Å². The Balaban J connectivity index is 1.59. The molecule has 2 aromatic carbocycles. The molecule has 0 saturated carbocycles. The minimum atomic E-state index is -0.458. The fourth-order valence-corrected chi connectivity index (χ4v) is 5.58. The van der Waals surface area contributed by atoms with E-state index in [9.17, 15) is 14.7 Å². The molecule has 4 atom stereocenters. The van der Waals surface area contributed by atoms with Crippen LogP contribution in [0.5, 0.6) is 11.5 Å². The maximum Gasteiger partial charge on any atom is 0.258 e. The molecule has 0 radical (unpaired) electrons. The number of hydrogen-bond donors (Lipinski definition) is 2. The Labute approximate surface area is 272 Å². The molecule has 248 valence electrons. The highest BCUT2D eigenvalue weighted by molar-refractivity contribution is 6.05. The van der Waals surface area contributed by atoms with Gasteiger partial charge in [0.1, 0.15) is 11.5 Å². The van der Waals surface area contributed by atoms with Crippen molar-refractivity contribution in [2.45, 2.75) is 64.8 Å². The van der Waals surface area contributed by atoms with E-state index in [1.54, 1.807) is 54.7 Å². The van der Waals surface area contributed by atoms with Crippen LogP contribution in [0.2, 0.25) is 0 Å². The van der Waals surface area contributed by atoms with Crippen molar-refractivity contribution in [3.63, 3.8) is 0 Å². The van der Waals surface area contributed by atoms with Crippen LogP contribution in [-0.2, 0) is 11.3 Å². The second-order valence-electron chi connectivity index (χ2n) is 12.2. The normalized spacial score (nSPS) is 20.3. The van der Waals surface area contributed by atoms with E-state index in [0.29, 0.717) is 42.3 Å². The van der Waals surface area contributed by atoms with Gasteiger partial charge in [0.15, 0.2) is 0 Å². The van der Waals surface area contributed by atoms with Crippen LogP contribution in [-0.4, -0.2) is 90.4 Å². The molecule has 0 spiro atoms. The summed E-state index contributed by atoms with van der Waals surface area (Å²) in [6.07, 6.45) is 5.43. The van der Waals surface area contributed by atoms with E-state index in [1.165, 1.54) is 5.56 Å². The Bertz CT molecular complexity index is 1400. The molecule has 1 aliphatic heterocycles. The monoisotopic (exact) mass is 632 g/mol. The molecular weight excluding hydrogens is 584 g/mol. The summed E-state index contributed by atoms with van der Waals surface area (Å²) in [5, 5.41) is 13.1. The van der Waals surface area contributed by atoms with Crippen LogP contribution in [0.25, 0.3) is 0 Å². The highest BCUT2D eigenvalue weighted by Gasteiger charge is 2.30. The van der Waals surface area contributed by atoms with E-state index in [0.717, 1.165) is 31.6 Å². The largest absolute Gasteiger partial charge is 0.497 e. The number of likely N-dealkylation sites (N-methyl/N-ethyl adjacent to an activating group) is 1. The smallest absolute Gasteiger partial charge is 0.258 e. The topological polar surface area (TPSA) is 113 Å². The second kappa shape index (κ2) is 17.1. The number of amides is 2. The van der Waals surface area contributed by atoms with E-state index in [4.69, 9.17) is 14.2 Å². The lowest BCUT2D eigenvalue weighted by atomic mass is 10.0. The third-order valence-corrected chi connectivity index (χ3v) is 8.36. The van der Waals surface area contributed by atoms with Gasteiger partial charge < -0.3 is 29.5 Å². The molecule has 0 unspecified atom stereocenters. The summed E-state index contributed by atoms with van der Waals surface area (Å²) in [5.41, 5.74) is 2.42. The van der Waals surface area contributed by atoms with Crippen molar-refractivity contribution >= 4 is 17.5 Å². The first kappa shape index (κ1) is 34.9. The first-order valence-electron chi connectivity index (χ1n) is 16.1. The maximum atomic E-state index is 14.3. The summed E-state index contributed by atoms with van der Waals surface area (Å²) >= 11 is 0. The molecule has 2 heterocycles. The fraction of sp³-hybridized carbons (Fsp3) is 0.472. The molecule has 0 aliphatic carbocycles. The van der Waals surface area contributed by atoms with Crippen LogP contribution >= 0.6 is 0 Å². The van der Waals surface area contributed by atoms with Crippen LogP contribution in [0.1, 0.15) is 66.3 Å². The highest BCUT2D eigenvalue weighted by atomic mass is 16.5.